The van der Waals surface area contributed by atoms with Crippen LogP contribution in [-0.2, 0) is 13.6 Å². The normalized spacial score (nSPS) is 14.6. The molecule has 146 valence electrons. The van der Waals surface area contributed by atoms with E-state index in [1.807, 2.05) is 18.5 Å². The molecule has 1 aromatic carbocycles. The maximum absolute atomic E-state index is 4.82. The smallest absolute Gasteiger partial charge is 0.194 e. The molecule has 1 fully saturated rings. The van der Waals surface area contributed by atoms with Crippen molar-refractivity contribution in [1.82, 2.24) is 25.0 Å². The number of likely N-dealkylation sites (tertiary alicyclic amines) is 1. The fourth-order valence-electron chi connectivity index (χ4n) is 3.26. The molecule has 2 aromatic rings. The molecule has 7 nitrogen and oxygen atoms in total. The van der Waals surface area contributed by atoms with Crippen molar-refractivity contribution in [2.24, 2.45) is 12.0 Å². The SMILES string of the molecule is Cc1nnc(CN=C(NCCCN(C)c2ccccc2)N2CCCC2)n1C. The van der Waals surface area contributed by atoms with Gasteiger partial charge in [-0.15, -0.1) is 10.2 Å². The fourth-order valence-corrected chi connectivity index (χ4v) is 3.26. The number of rotatable bonds is 7. The number of guanidine groups is 1. The third kappa shape index (κ3) is 5.21. The summed E-state index contributed by atoms with van der Waals surface area (Å²) in [6.07, 6.45) is 3.53. The molecule has 1 saturated heterocycles. The van der Waals surface area contributed by atoms with Gasteiger partial charge < -0.3 is 19.7 Å². The van der Waals surface area contributed by atoms with Gasteiger partial charge in [0.15, 0.2) is 11.8 Å². The first-order valence-electron chi connectivity index (χ1n) is 9.79. The quantitative estimate of drug-likeness (QED) is 0.461. The highest BCUT2D eigenvalue weighted by atomic mass is 15.3. The summed E-state index contributed by atoms with van der Waals surface area (Å²) in [5.74, 6) is 2.81. The van der Waals surface area contributed by atoms with Crippen molar-refractivity contribution in [3.63, 3.8) is 0 Å². The van der Waals surface area contributed by atoms with Gasteiger partial charge in [0.05, 0.1) is 0 Å². The average molecular weight is 370 g/mol. The number of hydrogen-bond acceptors (Lipinski definition) is 4. The number of aliphatic imine (C=N–C) groups is 1. The number of hydrogen-bond donors (Lipinski definition) is 1. The Morgan fingerprint density at radius 2 is 1.93 bits per heavy atom. The number of aryl methyl sites for hydroxylation is 1. The van der Waals surface area contributed by atoms with Crippen LogP contribution in [0, 0.1) is 6.92 Å². The van der Waals surface area contributed by atoms with Crippen LogP contribution in [0.25, 0.3) is 0 Å². The minimum atomic E-state index is 0.556. The lowest BCUT2D eigenvalue weighted by atomic mass is 10.3. The van der Waals surface area contributed by atoms with Crippen LogP contribution in [0.1, 0.15) is 30.9 Å². The molecule has 0 spiro atoms. The van der Waals surface area contributed by atoms with E-state index in [9.17, 15) is 0 Å². The maximum atomic E-state index is 4.82. The molecule has 27 heavy (non-hydrogen) atoms. The minimum absolute atomic E-state index is 0.556. The van der Waals surface area contributed by atoms with Gasteiger partial charge >= 0.3 is 0 Å². The third-order valence-corrected chi connectivity index (χ3v) is 5.11. The lowest BCUT2D eigenvalue weighted by Crippen LogP contribution is -2.40. The van der Waals surface area contributed by atoms with Crippen molar-refractivity contribution in [1.29, 1.82) is 0 Å². The average Bonchev–Trinajstić information content (AvgIpc) is 3.33. The molecule has 0 atom stereocenters. The van der Waals surface area contributed by atoms with Crippen LogP contribution in [0.2, 0.25) is 0 Å². The Hall–Kier alpha value is -2.57. The van der Waals surface area contributed by atoms with E-state index < -0.39 is 0 Å². The summed E-state index contributed by atoms with van der Waals surface area (Å²) in [5, 5.41) is 11.9. The van der Waals surface area contributed by atoms with E-state index in [2.05, 4.69) is 62.7 Å². The zero-order valence-corrected chi connectivity index (χ0v) is 16.7. The zero-order chi connectivity index (χ0) is 19.1. The molecule has 1 aliphatic heterocycles. The van der Waals surface area contributed by atoms with Gasteiger partial charge in [0.2, 0.25) is 0 Å². The fraction of sp³-hybridized carbons (Fsp3) is 0.550. The Kier molecular flexibility index (Phi) is 6.68. The van der Waals surface area contributed by atoms with Crippen LogP contribution in [-0.4, -0.2) is 58.9 Å². The molecule has 1 aliphatic rings. The lowest BCUT2D eigenvalue weighted by Gasteiger charge is -2.23. The van der Waals surface area contributed by atoms with Crippen LogP contribution in [0.5, 0.6) is 0 Å². The summed E-state index contributed by atoms with van der Waals surface area (Å²) < 4.78 is 2.00. The number of nitrogens with zero attached hydrogens (tertiary/aromatic N) is 6. The van der Waals surface area contributed by atoms with Crippen molar-refractivity contribution < 1.29 is 0 Å². The van der Waals surface area contributed by atoms with Crippen molar-refractivity contribution in [3.05, 3.63) is 42.0 Å². The summed E-state index contributed by atoms with van der Waals surface area (Å²) >= 11 is 0. The standard InChI is InChI=1S/C20H31N7/c1-17-23-24-19(26(17)3)16-22-20(27-14-7-8-15-27)21-12-9-13-25(2)18-10-5-4-6-11-18/h4-6,10-11H,7-9,12-16H2,1-3H3,(H,21,22). The van der Waals surface area contributed by atoms with Gasteiger partial charge in [-0.05, 0) is 38.3 Å². The summed E-state index contributed by atoms with van der Waals surface area (Å²) in [6.45, 7) is 6.58. The van der Waals surface area contributed by atoms with E-state index in [0.29, 0.717) is 6.54 Å². The molecule has 3 rings (SSSR count). The van der Waals surface area contributed by atoms with Gasteiger partial charge in [-0.25, -0.2) is 4.99 Å². The van der Waals surface area contributed by atoms with Crippen LogP contribution in [0.15, 0.2) is 35.3 Å². The Morgan fingerprint density at radius 3 is 2.59 bits per heavy atom. The number of aromatic nitrogens is 3. The predicted molar refractivity (Wildman–Crippen MR) is 110 cm³/mol. The van der Waals surface area contributed by atoms with Gasteiger partial charge in [0.1, 0.15) is 12.4 Å². The third-order valence-electron chi connectivity index (χ3n) is 5.11. The molecule has 0 unspecified atom stereocenters. The van der Waals surface area contributed by atoms with Crippen molar-refractivity contribution in [2.45, 2.75) is 32.7 Å². The molecule has 2 heterocycles. The molecular formula is C20H31N7. The summed E-state index contributed by atoms with van der Waals surface area (Å²) in [4.78, 5) is 9.46. The molecule has 1 N–H and O–H groups in total. The second-order valence-corrected chi connectivity index (χ2v) is 7.09. The van der Waals surface area contributed by atoms with Gasteiger partial charge in [-0.3, -0.25) is 0 Å². The topological polar surface area (TPSA) is 61.6 Å². The van der Waals surface area contributed by atoms with E-state index in [0.717, 1.165) is 50.2 Å². The van der Waals surface area contributed by atoms with Gasteiger partial charge in [0, 0.05) is 46.0 Å². The molecule has 0 bridgehead atoms. The molecular weight excluding hydrogens is 338 g/mol. The Bertz CT molecular complexity index is 732. The lowest BCUT2D eigenvalue weighted by molar-refractivity contribution is 0.489. The van der Waals surface area contributed by atoms with E-state index >= 15 is 0 Å². The van der Waals surface area contributed by atoms with E-state index in [1.165, 1.54) is 18.5 Å². The maximum Gasteiger partial charge on any atom is 0.194 e. The highest BCUT2D eigenvalue weighted by molar-refractivity contribution is 5.80. The van der Waals surface area contributed by atoms with Crippen molar-refractivity contribution in [3.8, 4) is 0 Å². The number of benzene rings is 1. The second-order valence-electron chi connectivity index (χ2n) is 7.09. The first kappa shape index (κ1) is 19.2. The van der Waals surface area contributed by atoms with Crippen molar-refractivity contribution in [2.75, 3.05) is 38.1 Å². The zero-order valence-electron chi connectivity index (χ0n) is 16.7. The van der Waals surface area contributed by atoms with Crippen molar-refractivity contribution >= 4 is 11.6 Å². The summed E-state index contributed by atoms with van der Waals surface area (Å²) in [7, 11) is 4.13. The summed E-state index contributed by atoms with van der Waals surface area (Å²) in [6, 6.07) is 10.5. The van der Waals surface area contributed by atoms with Crippen LogP contribution < -0.4 is 10.2 Å². The minimum Gasteiger partial charge on any atom is -0.375 e. The van der Waals surface area contributed by atoms with Crippen LogP contribution in [0.4, 0.5) is 5.69 Å². The first-order chi connectivity index (χ1) is 13.1. The molecule has 0 saturated carbocycles. The number of anilines is 1. The Labute approximate surface area is 162 Å². The predicted octanol–water partition coefficient (Wildman–Crippen LogP) is 2.19. The molecule has 0 radical (unpaired) electrons. The van der Waals surface area contributed by atoms with Gasteiger partial charge in [-0.2, -0.15) is 0 Å². The van der Waals surface area contributed by atoms with E-state index in [-0.39, 0.29) is 0 Å². The second kappa shape index (κ2) is 9.39. The number of para-hydroxylation sites is 1. The van der Waals surface area contributed by atoms with Gasteiger partial charge in [-0.1, -0.05) is 18.2 Å². The Balaban J connectivity index is 1.52. The molecule has 7 heteroatoms. The highest BCUT2D eigenvalue weighted by Gasteiger charge is 2.16. The molecule has 1 aromatic heterocycles. The first-order valence-corrected chi connectivity index (χ1v) is 9.79. The summed E-state index contributed by atoms with van der Waals surface area (Å²) in [5.41, 5.74) is 1.25. The Morgan fingerprint density at radius 1 is 1.19 bits per heavy atom. The molecule has 0 aliphatic carbocycles. The largest absolute Gasteiger partial charge is 0.375 e. The van der Waals surface area contributed by atoms with Crippen LogP contribution in [0.3, 0.4) is 0 Å². The number of nitrogens with one attached hydrogen (secondary N) is 1. The van der Waals surface area contributed by atoms with E-state index in [4.69, 9.17) is 4.99 Å². The highest BCUT2D eigenvalue weighted by Crippen LogP contribution is 2.11. The molecule has 0 amide bonds. The van der Waals surface area contributed by atoms with E-state index in [1.54, 1.807) is 0 Å². The van der Waals surface area contributed by atoms with Gasteiger partial charge in [0.25, 0.3) is 0 Å². The monoisotopic (exact) mass is 369 g/mol. The van der Waals surface area contributed by atoms with Crippen LogP contribution >= 0.6 is 0 Å².